The van der Waals surface area contributed by atoms with Gasteiger partial charge in [-0.05, 0) is 50.3 Å². The highest BCUT2D eigenvalue weighted by Gasteiger charge is 2.51. The van der Waals surface area contributed by atoms with E-state index in [-0.39, 0.29) is 11.7 Å². The molecule has 3 rings (SSSR count). The smallest absolute Gasteiger partial charge is 0.262 e. The Morgan fingerprint density at radius 1 is 1.14 bits per heavy atom. The zero-order valence-corrected chi connectivity index (χ0v) is 17.2. The molecule has 1 aromatic rings. The summed E-state index contributed by atoms with van der Waals surface area (Å²) in [6, 6.07) is 5.12. The lowest BCUT2D eigenvalue weighted by Gasteiger charge is -2.39. The van der Waals surface area contributed by atoms with Crippen molar-refractivity contribution in [2.75, 3.05) is 0 Å². The number of amides is 3. The Labute approximate surface area is 171 Å². The average molecular weight is 396 g/mol. The number of allylic oxidation sites excluding steroid dienone is 1. The van der Waals surface area contributed by atoms with E-state index in [0.29, 0.717) is 48.9 Å². The highest BCUT2D eigenvalue weighted by Crippen LogP contribution is 2.35. The van der Waals surface area contributed by atoms with Gasteiger partial charge in [0.1, 0.15) is 11.3 Å². The van der Waals surface area contributed by atoms with Gasteiger partial charge in [-0.15, -0.1) is 0 Å². The highest BCUT2D eigenvalue weighted by atomic mass is 16.2. The zero-order chi connectivity index (χ0) is 21.2. The number of benzene rings is 1. The lowest BCUT2D eigenvalue weighted by molar-refractivity contribution is -0.131. The molecule has 29 heavy (non-hydrogen) atoms. The van der Waals surface area contributed by atoms with Crippen molar-refractivity contribution in [3.63, 3.8) is 0 Å². The summed E-state index contributed by atoms with van der Waals surface area (Å²) in [4.78, 5) is 51.6. The Morgan fingerprint density at radius 3 is 2.55 bits per heavy atom. The van der Waals surface area contributed by atoms with Crippen molar-refractivity contribution < 1.29 is 19.2 Å². The third-order valence-electron chi connectivity index (χ3n) is 5.89. The van der Waals surface area contributed by atoms with Crippen molar-refractivity contribution in [2.45, 2.75) is 70.8 Å². The molecule has 0 unspecified atom stereocenters. The molecule has 0 spiro atoms. The van der Waals surface area contributed by atoms with Gasteiger partial charge in [0.15, 0.2) is 0 Å². The van der Waals surface area contributed by atoms with Gasteiger partial charge in [-0.2, -0.15) is 0 Å². The molecule has 0 saturated carbocycles. The molecule has 3 amide bonds. The fraction of sp³-hybridized carbons (Fsp3) is 0.478. The van der Waals surface area contributed by atoms with Crippen LogP contribution in [0.1, 0.15) is 85.1 Å². The van der Waals surface area contributed by atoms with E-state index in [4.69, 9.17) is 0 Å². The lowest BCUT2D eigenvalue weighted by Crippen LogP contribution is -2.60. The summed E-state index contributed by atoms with van der Waals surface area (Å²) in [6.45, 7) is 7.47. The highest BCUT2D eigenvalue weighted by molar-refractivity contribution is 6.23. The number of aryl methyl sites for hydroxylation is 1. The van der Waals surface area contributed by atoms with Crippen LogP contribution in [0.3, 0.4) is 0 Å². The molecule has 6 nitrogen and oxygen atoms in total. The Morgan fingerprint density at radius 2 is 1.86 bits per heavy atom. The standard InChI is InChI=1S/C23H28N2O4/c1-4-5-6-7-17(26)10-8-16-9-11-18-19(14-16)21(28)25(20(18)27)23(3)13-12-15(2)24-22(23)29/h9,11,14H,2,4-8,10,12-13H2,1,3H3,(H,24,29)/t23-/m0/s1. The maximum absolute atomic E-state index is 13.0. The average Bonchev–Trinajstić information content (AvgIpc) is 2.94. The van der Waals surface area contributed by atoms with Crippen LogP contribution in [0.15, 0.2) is 30.5 Å². The third kappa shape index (κ3) is 4.02. The fourth-order valence-electron chi connectivity index (χ4n) is 3.95. The number of hydrogen-bond acceptors (Lipinski definition) is 4. The van der Waals surface area contributed by atoms with Crippen LogP contribution in [-0.4, -0.2) is 33.9 Å². The minimum Gasteiger partial charge on any atom is -0.328 e. The van der Waals surface area contributed by atoms with E-state index in [1.807, 2.05) is 0 Å². The molecule has 2 aliphatic heterocycles. The molecule has 1 atom stereocenters. The summed E-state index contributed by atoms with van der Waals surface area (Å²) in [5, 5.41) is 2.66. The summed E-state index contributed by atoms with van der Waals surface area (Å²) in [6.07, 6.45) is 5.46. The van der Waals surface area contributed by atoms with Gasteiger partial charge in [-0.3, -0.25) is 24.1 Å². The van der Waals surface area contributed by atoms with Gasteiger partial charge < -0.3 is 5.32 Å². The van der Waals surface area contributed by atoms with E-state index in [1.165, 1.54) is 0 Å². The van der Waals surface area contributed by atoms with Crippen molar-refractivity contribution in [1.29, 1.82) is 0 Å². The molecule has 0 aromatic heterocycles. The number of Topliss-reactive ketones (excluding diaryl/α,β-unsaturated/α-hetero) is 1. The van der Waals surface area contributed by atoms with E-state index in [9.17, 15) is 19.2 Å². The summed E-state index contributed by atoms with van der Waals surface area (Å²) in [5.41, 5.74) is 0.831. The van der Waals surface area contributed by atoms with Gasteiger partial charge in [-0.1, -0.05) is 32.4 Å². The second kappa shape index (κ2) is 8.31. The number of nitrogens with one attached hydrogen (secondary N) is 1. The maximum Gasteiger partial charge on any atom is 0.262 e. The molecule has 0 aliphatic carbocycles. The van der Waals surface area contributed by atoms with Crippen LogP contribution in [-0.2, 0) is 16.0 Å². The molecule has 2 heterocycles. The van der Waals surface area contributed by atoms with Crippen LogP contribution in [0.2, 0.25) is 0 Å². The Balaban J connectivity index is 1.74. The molecule has 0 bridgehead atoms. The van der Waals surface area contributed by atoms with E-state index >= 15 is 0 Å². The van der Waals surface area contributed by atoms with E-state index in [2.05, 4.69) is 18.8 Å². The first-order valence-corrected chi connectivity index (χ1v) is 10.3. The number of carbonyl (C=O) groups excluding carboxylic acids is 4. The molecule has 2 aliphatic rings. The minimum absolute atomic E-state index is 0.217. The Hall–Kier alpha value is -2.76. The van der Waals surface area contributed by atoms with Crippen molar-refractivity contribution in [3.05, 3.63) is 47.2 Å². The summed E-state index contributed by atoms with van der Waals surface area (Å²) in [7, 11) is 0. The van der Waals surface area contributed by atoms with Crippen molar-refractivity contribution in [2.24, 2.45) is 0 Å². The largest absolute Gasteiger partial charge is 0.328 e. The zero-order valence-electron chi connectivity index (χ0n) is 17.2. The molecule has 0 radical (unpaired) electrons. The first-order valence-electron chi connectivity index (χ1n) is 10.3. The SMILES string of the molecule is C=C1CC[C@](C)(N2C(=O)c3ccc(CCC(=O)CCCCC)cc3C2=O)C(=O)N1. The van der Waals surface area contributed by atoms with Crippen LogP contribution < -0.4 is 5.32 Å². The first kappa shape index (κ1) is 21.0. The van der Waals surface area contributed by atoms with E-state index in [1.54, 1.807) is 25.1 Å². The number of nitrogens with zero attached hydrogens (tertiary/aromatic N) is 1. The van der Waals surface area contributed by atoms with Crippen LogP contribution >= 0.6 is 0 Å². The molecular weight excluding hydrogens is 368 g/mol. The van der Waals surface area contributed by atoms with Gasteiger partial charge in [-0.25, -0.2) is 0 Å². The van der Waals surface area contributed by atoms with E-state index in [0.717, 1.165) is 29.7 Å². The predicted octanol–water partition coefficient (Wildman–Crippen LogP) is 3.55. The topological polar surface area (TPSA) is 83.6 Å². The second-order valence-corrected chi connectivity index (χ2v) is 8.15. The van der Waals surface area contributed by atoms with Gasteiger partial charge >= 0.3 is 0 Å². The van der Waals surface area contributed by atoms with Gasteiger partial charge in [0.25, 0.3) is 11.8 Å². The number of ketones is 1. The molecule has 1 N–H and O–H groups in total. The number of imide groups is 1. The molecule has 1 fully saturated rings. The molecule has 6 heteroatoms. The molecule has 1 aromatic carbocycles. The number of piperidine rings is 1. The summed E-state index contributed by atoms with van der Waals surface area (Å²) < 4.78 is 0. The molecule has 1 saturated heterocycles. The van der Waals surface area contributed by atoms with Gasteiger partial charge in [0.2, 0.25) is 5.91 Å². The number of fused-ring (bicyclic) bond motifs is 1. The Bertz CT molecular complexity index is 889. The number of hydrogen-bond donors (Lipinski definition) is 1. The monoisotopic (exact) mass is 396 g/mol. The Kier molecular flexibility index (Phi) is 6.01. The fourth-order valence-corrected chi connectivity index (χ4v) is 3.95. The van der Waals surface area contributed by atoms with Crippen LogP contribution in [0.25, 0.3) is 0 Å². The van der Waals surface area contributed by atoms with Crippen molar-refractivity contribution >= 4 is 23.5 Å². The molecule has 154 valence electrons. The summed E-state index contributed by atoms with van der Waals surface area (Å²) in [5.74, 6) is -1.07. The quantitative estimate of drug-likeness (QED) is 0.538. The van der Waals surface area contributed by atoms with Crippen molar-refractivity contribution in [1.82, 2.24) is 10.2 Å². The number of carbonyl (C=O) groups is 4. The normalized spacial score (nSPS) is 21.4. The van der Waals surface area contributed by atoms with Crippen molar-refractivity contribution in [3.8, 4) is 0 Å². The predicted molar refractivity (Wildman–Crippen MR) is 109 cm³/mol. The lowest BCUT2D eigenvalue weighted by atomic mass is 9.88. The summed E-state index contributed by atoms with van der Waals surface area (Å²) >= 11 is 0. The minimum atomic E-state index is -1.23. The molecular formula is C23H28N2O4. The van der Waals surface area contributed by atoms with Gasteiger partial charge in [0.05, 0.1) is 11.1 Å². The maximum atomic E-state index is 13.0. The number of rotatable bonds is 8. The van der Waals surface area contributed by atoms with Crippen LogP contribution in [0, 0.1) is 0 Å². The van der Waals surface area contributed by atoms with Crippen LogP contribution in [0.5, 0.6) is 0 Å². The number of unbranched alkanes of at least 4 members (excludes halogenated alkanes) is 2. The van der Waals surface area contributed by atoms with Crippen LogP contribution in [0.4, 0.5) is 0 Å². The first-order chi connectivity index (χ1) is 13.8. The second-order valence-electron chi connectivity index (χ2n) is 8.15. The van der Waals surface area contributed by atoms with E-state index < -0.39 is 17.4 Å². The third-order valence-corrected chi connectivity index (χ3v) is 5.89. The van der Waals surface area contributed by atoms with Gasteiger partial charge in [0, 0.05) is 18.5 Å².